The van der Waals surface area contributed by atoms with Gasteiger partial charge in [0.25, 0.3) is 27.7 Å². The van der Waals surface area contributed by atoms with Crippen LogP contribution in [0.15, 0.2) is 24.3 Å². The number of carbonyl (C=O) groups excluding carboxylic acids is 4. The molecule has 1 saturated carbocycles. The number of rotatable bonds is 18. The SMILES string of the molecule is CCCC[C@H](NC[C@H](CC(C)C)NC(=O)c1cc(C(=O)N(CCC)CCC)cc(C2=CC(=O)NS2(=O)=O)c1)C(=O)NC1CC1. The maximum atomic E-state index is 13.7. The average Bonchev–Trinajstić information content (AvgIpc) is 3.73. The molecular formula is C32H49N5O6S. The van der Waals surface area contributed by atoms with Gasteiger partial charge in [-0.1, -0.05) is 47.5 Å². The highest BCUT2D eigenvalue weighted by atomic mass is 32.2. The molecule has 0 spiro atoms. The second-order valence-electron chi connectivity index (χ2n) is 12.3. The van der Waals surface area contributed by atoms with Crippen molar-refractivity contribution >= 4 is 38.6 Å². The van der Waals surface area contributed by atoms with E-state index >= 15 is 0 Å². The van der Waals surface area contributed by atoms with Crippen molar-refractivity contribution in [1.29, 1.82) is 0 Å². The summed E-state index contributed by atoms with van der Waals surface area (Å²) >= 11 is 0. The highest BCUT2D eigenvalue weighted by Gasteiger charge is 2.31. The number of nitrogens with zero attached hydrogens (tertiary/aromatic N) is 1. The Morgan fingerprint density at radius 2 is 1.66 bits per heavy atom. The number of unbranched alkanes of at least 4 members (excludes halogenated alkanes) is 1. The van der Waals surface area contributed by atoms with Crippen molar-refractivity contribution < 1.29 is 27.6 Å². The van der Waals surface area contributed by atoms with E-state index in [0.29, 0.717) is 32.5 Å². The first-order valence-corrected chi connectivity index (χ1v) is 17.4. The Morgan fingerprint density at radius 3 is 2.20 bits per heavy atom. The van der Waals surface area contributed by atoms with Crippen LogP contribution in [0.4, 0.5) is 0 Å². The summed E-state index contributed by atoms with van der Waals surface area (Å²) in [6, 6.07) is 3.83. The lowest BCUT2D eigenvalue weighted by molar-refractivity contribution is -0.123. The van der Waals surface area contributed by atoms with E-state index in [1.54, 1.807) is 4.90 Å². The Bertz CT molecular complexity index is 1330. The third-order valence-corrected chi connectivity index (χ3v) is 8.98. The van der Waals surface area contributed by atoms with E-state index in [-0.39, 0.29) is 57.5 Å². The van der Waals surface area contributed by atoms with Crippen LogP contribution in [-0.4, -0.2) is 74.7 Å². The van der Waals surface area contributed by atoms with E-state index < -0.39 is 21.8 Å². The molecule has 11 nitrogen and oxygen atoms in total. The molecule has 0 radical (unpaired) electrons. The zero-order valence-corrected chi connectivity index (χ0v) is 27.5. The zero-order valence-electron chi connectivity index (χ0n) is 26.7. The number of sulfonamides is 1. The van der Waals surface area contributed by atoms with E-state index in [1.807, 2.05) is 32.4 Å². The van der Waals surface area contributed by atoms with Crippen molar-refractivity contribution in [2.45, 2.75) is 104 Å². The van der Waals surface area contributed by atoms with E-state index in [4.69, 9.17) is 0 Å². The molecule has 1 fully saturated rings. The third kappa shape index (κ3) is 10.2. The van der Waals surface area contributed by atoms with Crippen molar-refractivity contribution in [3.63, 3.8) is 0 Å². The molecule has 0 bridgehead atoms. The topological polar surface area (TPSA) is 154 Å². The van der Waals surface area contributed by atoms with E-state index in [9.17, 15) is 27.6 Å². The van der Waals surface area contributed by atoms with Gasteiger partial charge in [0.05, 0.1) is 6.04 Å². The van der Waals surface area contributed by atoms with Gasteiger partial charge >= 0.3 is 0 Å². The smallest absolute Gasteiger partial charge is 0.265 e. The Balaban J connectivity index is 1.90. The Labute approximate surface area is 262 Å². The van der Waals surface area contributed by atoms with Gasteiger partial charge in [0.15, 0.2) is 0 Å². The van der Waals surface area contributed by atoms with E-state index in [0.717, 1.165) is 44.6 Å². The van der Waals surface area contributed by atoms with Gasteiger partial charge in [-0.2, -0.15) is 0 Å². The molecule has 0 aromatic heterocycles. The normalized spacial score (nSPS) is 17.0. The standard InChI is InChI=1S/C32H49N5O6S/c1-6-9-10-27(31(40)34-25-11-12-25)33-20-26(15-21(4)5)35-30(39)23-16-22(28-19-29(38)36-44(28,42)43)17-24(18-23)32(41)37(13-7-2)14-8-3/h16-19,21,25-27,33H,6-15,20H2,1-5H3,(H,34,40)(H,35,39)(H,36,38)/t26-,27-/m0/s1. The summed E-state index contributed by atoms with van der Waals surface area (Å²) < 4.78 is 27.3. The first-order chi connectivity index (χ1) is 20.9. The maximum absolute atomic E-state index is 13.7. The lowest BCUT2D eigenvalue weighted by Gasteiger charge is -2.25. The van der Waals surface area contributed by atoms with Crippen LogP contribution in [0.5, 0.6) is 0 Å². The Hall–Kier alpha value is -3.25. The molecule has 4 N–H and O–H groups in total. The highest BCUT2D eigenvalue weighted by molar-refractivity contribution is 7.99. The quantitative estimate of drug-likeness (QED) is 0.194. The molecule has 0 saturated heterocycles. The van der Waals surface area contributed by atoms with Crippen LogP contribution in [0.3, 0.4) is 0 Å². The van der Waals surface area contributed by atoms with Gasteiger partial charge < -0.3 is 20.9 Å². The van der Waals surface area contributed by atoms with Gasteiger partial charge in [-0.05, 0) is 68.2 Å². The first-order valence-electron chi connectivity index (χ1n) is 16.0. The molecule has 244 valence electrons. The number of carbonyl (C=O) groups is 4. The molecule has 2 atom stereocenters. The van der Waals surface area contributed by atoms with Gasteiger partial charge in [-0.15, -0.1) is 0 Å². The number of benzene rings is 1. The van der Waals surface area contributed by atoms with Gasteiger partial charge in [-0.3, -0.25) is 19.2 Å². The van der Waals surface area contributed by atoms with Crippen molar-refractivity contribution in [1.82, 2.24) is 25.6 Å². The van der Waals surface area contributed by atoms with E-state index in [2.05, 4.69) is 22.9 Å². The lowest BCUT2D eigenvalue weighted by atomic mass is 10.0. The Kier molecular flexibility index (Phi) is 12.9. The minimum Gasteiger partial charge on any atom is -0.352 e. The van der Waals surface area contributed by atoms with Crippen LogP contribution in [0.2, 0.25) is 0 Å². The molecule has 1 aromatic carbocycles. The van der Waals surface area contributed by atoms with Crippen LogP contribution in [-0.2, 0) is 19.6 Å². The van der Waals surface area contributed by atoms with Crippen LogP contribution >= 0.6 is 0 Å². The molecule has 44 heavy (non-hydrogen) atoms. The van der Waals surface area contributed by atoms with E-state index in [1.165, 1.54) is 18.2 Å². The van der Waals surface area contributed by atoms with Crippen molar-refractivity contribution in [2.75, 3.05) is 19.6 Å². The van der Waals surface area contributed by atoms with Crippen LogP contribution in [0, 0.1) is 5.92 Å². The summed E-state index contributed by atoms with van der Waals surface area (Å²) in [7, 11) is -4.14. The fourth-order valence-corrected chi connectivity index (χ4v) is 6.42. The molecule has 1 aromatic rings. The summed E-state index contributed by atoms with van der Waals surface area (Å²) in [6.07, 6.45) is 7.60. The van der Waals surface area contributed by atoms with Crippen molar-refractivity contribution in [2.24, 2.45) is 5.92 Å². The van der Waals surface area contributed by atoms with Crippen LogP contribution in [0.1, 0.15) is 112 Å². The van der Waals surface area contributed by atoms with Gasteiger partial charge in [0.2, 0.25) is 5.91 Å². The number of hydrogen-bond donors (Lipinski definition) is 4. The summed E-state index contributed by atoms with van der Waals surface area (Å²) in [5.41, 5.74) is 0.360. The number of amides is 4. The van der Waals surface area contributed by atoms with Gasteiger partial charge in [-0.25, -0.2) is 13.1 Å². The predicted molar refractivity (Wildman–Crippen MR) is 171 cm³/mol. The monoisotopic (exact) mass is 631 g/mol. The lowest BCUT2D eigenvalue weighted by Crippen LogP contribution is -2.50. The summed E-state index contributed by atoms with van der Waals surface area (Å²) in [5, 5.41) is 9.50. The van der Waals surface area contributed by atoms with Crippen LogP contribution < -0.4 is 20.7 Å². The third-order valence-electron chi connectivity index (χ3n) is 7.58. The first kappa shape index (κ1) is 35.2. The average molecular weight is 632 g/mol. The summed E-state index contributed by atoms with van der Waals surface area (Å²) in [5.74, 6) is -1.37. The van der Waals surface area contributed by atoms with Gasteiger partial charge in [0.1, 0.15) is 4.91 Å². The zero-order chi connectivity index (χ0) is 32.4. The molecule has 4 amide bonds. The second kappa shape index (κ2) is 16.2. The van der Waals surface area contributed by atoms with Crippen molar-refractivity contribution in [3.8, 4) is 0 Å². The number of nitrogens with one attached hydrogen (secondary N) is 4. The number of hydrogen-bond acceptors (Lipinski definition) is 7. The minimum atomic E-state index is -4.14. The molecule has 2 aliphatic rings. The van der Waals surface area contributed by atoms with Crippen LogP contribution in [0.25, 0.3) is 4.91 Å². The molecule has 0 unspecified atom stereocenters. The largest absolute Gasteiger partial charge is 0.352 e. The summed E-state index contributed by atoms with van der Waals surface area (Å²) in [4.78, 5) is 53.5. The predicted octanol–water partition coefficient (Wildman–Crippen LogP) is 3.32. The molecule has 3 rings (SSSR count). The molecule has 1 aliphatic heterocycles. The molecular weight excluding hydrogens is 582 g/mol. The molecule has 1 aliphatic carbocycles. The molecule has 1 heterocycles. The van der Waals surface area contributed by atoms with Crippen molar-refractivity contribution in [3.05, 3.63) is 41.0 Å². The molecule has 12 heteroatoms. The Morgan fingerprint density at radius 1 is 1.00 bits per heavy atom. The minimum absolute atomic E-state index is 0.0238. The maximum Gasteiger partial charge on any atom is 0.265 e. The summed E-state index contributed by atoms with van der Waals surface area (Å²) in [6.45, 7) is 11.5. The van der Waals surface area contributed by atoms with Gasteiger partial charge in [0, 0.05) is 48.9 Å². The highest BCUT2D eigenvalue weighted by Crippen LogP contribution is 2.27. The fraction of sp³-hybridized carbons (Fsp3) is 0.625. The second-order valence-corrected chi connectivity index (χ2v) is 13.9. The fourth-order valence-electron chi connectivity index (χ4n) is 5.29.